The molecule has 1 saturated heterocycles. The number of phenols is 1. The van der Waals surface area contributed by atoms with Crippen molar-refractivity contribution in [2.24, 2.45) is 0 Å². The molecule has 1 aliphatic heterocycles. The first kappa shape index (κ1) is 27.1. The number of ether oxygens (including phenoxy) is 2. The first-order valence-electron chi connectivity index (χ1n) is 12.6. The van der Waals surface area contributed by atoms with Crippen LogP contribution in [0.1, 0.15) is 51.3 Å². The van der Waals surface area contributed by atoms with E-state index in [1.165, 1.54) is 11.0 Å². The molecule has 36 heavy (non-hydrogen) atoms. The predicted octanol–water partition coefficient (Wildman–Crippen LogP) is 4.34. The topological polar surface area (TPSA) is 99.5 Å². The van der Waals surface area contributed by atoms with Gasteiger partial charge >= 0.3 is 0 Å². The smallest absolute Gasteiger partial charge is 0.295 e. The van der Waals surface area contributed by atoms with E-state index < -0.39 is 17.7 Å². The zero-order chi connectivity index (χ0) is 26.2. The fourth-order valence-corrected chi connectivity index (χ4v) is 4.33. The second kappa shape index (κ2) is 12.4. The molecule has 1 fully saturated rings. The maximum Gasteiger partial charge on any atom is 0.295 e. The van der Waals surface area contributed by atoms with E-state index in [-0.39, 0.29) is 22.8 Å². The van der Waals surface area contributed by atoms with Crippen LogP contribution < -0.4 is 9.47 Å². The molecule has 1 aliphatic rings. The second-order valence-corrected chi connectivity index (χ2v) is 8.56. The number of phenolic OH excluding ortho intramolecular Hbond substituents is 1. The molecule has 0 radical (unpaired) electrons. The number of carbonyl (C=O) groups is 2. The molecular formula is C28H36N2O6. The van der Waals surface area contributed by atoms with E-state index in [0.717, 1.165) is 19.5 Å². The number of ketones is 1. The molecule has 0 bridgehead atoms. The molecule has 8 nitrogen and oxygen atoms in total. The number of rotatable bonds is 12. The minimum absolute atomic E-state index is 0.000303. The largest absolute Gasteiger partial charge is 0.507 e. The summed E-state index contributed by atoms with van der Waals surface area (Å²) in [6.07, 6.45) is 0.830. The van der Waals surface area contributed by atoms with E-state index in [2.05, 4.69) is 4.90 Å². The van der Waals surface area contributed by atoms with E-state index in [9.17, 15) is 19.8 Å². The van der Waals surface area contributed by atoms with Crippen LogP contribution in [0.15, 0.2) is 48.0 Å². The van der Waals surface area contributed by atoms with Gasteiger partial charge in [0, 0.05) is 18.7 Å². The van der Waals surface area contributed by atoms with Crippen LogP contribution in [-0.4, -0.2) is 71.1 Å². The van der Waals surface area contributed by atoms with Gasteiger partial charge < -0.3 is 29.5 Å². The maximum atomic E-state index is 13.3. The van der Waals surface area contributed by atoms with Crippen molar-refractivity contribution in [3.8, 4) is 17.2 Å². The summed E-state index contributed by atoms with van der Waals surface area (Å²) in [5, 5.41) is 21.6. The van der Waals surface area contributed by atoms with Crippen LogP contribution in [0.25, 0.3) is 5.76 Å². The molecule has 1 amide bonds. The van der Waals surface area contributed by atoms with Gasteiger partial charge in [0.15, 0.2) is 11.5 Å². The summed E-state index contributed by atoms with van der Waals surface area (Å²) in [6, 6.07) is 10.8. The molecule has 194 valence electrons. The van der Waals surface area contributed by atoms with E-state index in [0.29, 0.717) is 43.2 Å². The number of aromatic hydroxyl groups is 1. The number of benzene rings is 2. The van der Waals surface area contributed by atoms with Gasteiger partial charge in [-0.2, -0.15) is 0 Å². The monoisotopic (exact) mass is 496 g/mol. The Morgan fingerprint density at radius 1 is 1.03 bits per heavy atom. The van der Waals surface area contributed by atoms with Gasteiger partial charge in [0.2, 0.25) is 0 Å². The zero-order valence-electron chi connectivity index (χ0n) is 21.5. The summed E-state index contributed by atoms with van der Waals surface area (Å²) < 4.78 is 11.2. The van der Waals surface area contributed by atoms with Gasteiger partial charge in [-0.25, -0.2) is 0 Å². The van der Waals surface area contributed by atoms with Gasteiger partial charge in [0.25, 0.3) is 11.7 Å². The van der Waals surface area contributed by atoms with Crippen molar-refractivity contribution < 1.29 is 29.3 Å². The van der Waals surface area contributed by atoms with Crippen molar-refractivity contribution in [3.05, 3.63) is 59.2 Å². The number of likely N-dealkylation sites (N-methyl/N-ethyl adjacent to an activating group) is 1. The third-order valence-electron chi connectivity index (χ3n) is 6.27. The molecule has 2 aromatic carbocycles. The molecule has 2 aromatic rings. The van der Waals surface area contributed by atoms with Gasteiger partial charge in [-0.05, 0) is 56.3 Å². The second-order valence-electron chi connectivity index (χ2n) is 8.56. The Balaban J connectivity index is 2.12. The Hall–Kier alpha value is -3.52. The summed E-state index contributed by atoms with van der Waals surface area (Å²) >= 11 is 0. The zero-order valence-corrected chi connectivity index (χ0v) is 21.5. The summed E-state index contributed by atoms with van der Waals surface area (Å²) in [6.45, 7) is 11.2. The Morgan fingerprint density at radius 3 is 2.44 bits per heavy atom. The molecular weight excluding hydrogens is 460 g/mol. The highest BCUT2D eigenvalue weighted by molar-refractivity contribution is 6.46. The summed E-state index contributed by atoms with van der Waals surface area (Å²) in [5.41, 5.74) is 0.953. The lowest BCUT2D eigenvalue weighted by Crippen LogP contribution is -2.38. The number of carbonyl (C=O) groups excluding carboxylic acids is 2. The van der Waals surface area contributed by atoms with Crippen LogP contribution in [0, 0.1) is 0 Å². The van der Waals surface area contributed by atoms with Crippen molar-refractivity contribution in [1.82, 2.24) is 9.80 Å². The van der Waals surface area contributed by atoms with Crippen LogP contribution >= 0.6 is 0 Å². The Morgan fingerprint density at radius 2 is 1.78 bits per heavy atom. The number of hydrogen-bond donors (Lipinski definition) is 2. The number of nitrogens with zero attached hydrogens (tertiary/aromatic N) is 2. The van der Waals surface area contributed by atoms with E-state index in [1.807, 2.05) is 20.8 Å². The molecule has 2 N–H and O–H groups in total. The number of amides is 1. The van der Waals surface area contributed by atoms with Gasteiger partial charge in [0.05, 0.1) is 24.8 Å². The van der Waals surface area contributed by atoms with Crippen LogP contribution in [0.5, 0.6) is 17.2 Å². The number of aliphatic hydroxyl groups excluding tert-OH is 1. The normalized spacial score (nSPS) is 17.1. The highest BCUT2D eigenvalue weighted by atomic mass is 16.5. The van der Waals surface area contributed by atoms with Crippen molar-refractivity contribution in [2.75, 3.05) is 39.4 Å². The summed E-state index contributed by atoms with van der Waals surface area (Å²) in [5.74, 6) is -0.907. The summed E-state index contributed by atoms with van der Waals surface area (Å²) in [7, 11) is 0. The third kappa shape index (κ3) is 5.82. The average molecular weight is 497 g/mol. The van der Waals surface area contributed by atoms with Gasteiger partial charge in [-0.3, -0.25) is 9.59 Å². The van der Waals surface area contributed by atoms with Gasteiger partial charge in [-0.15, -0.1) is 0 Å². The van der Waals surface area contributed by atoms with Crippen molar-refractivity contribution >= 4 is 17.4 Å². The molecule has 8 heteroatoms. The van der Waals surface area contributed by atoms with Crippen molar-refractivity contribution in [2.45, 2.75) is 40.2 Å². The van der Waals surface area contributed by atoms with Crippen LogP contribution in [0.4, 0.5) is 0 Å². The Labute approximate surface area is 212 Å². The molecule has 0 aliphatic carbocycles. The molecule has 3 rings (SSSR count). The van der Waals surface area contributed by atoms with Crippen LogP contribution in [-0.2, 0) is 9.59 Å². The van der Waals surface area contributed by atoms with Gasteiger partial charge in [-0.1, -0.05) is 39.0 Å². The molecule has 1 unspecified atom stereocenters. The summed E-state index contributed by atoms with van der Waals surface area (Å²) in [4.78, 5) is 30.2. The molecule has 1 atom stereocenters. The van der Waals surface area contributed by atoms with E-state index in [1.54, 1.807) is 43.3 Å². The SMILES string of the molecule is CCCOc1cccc(C(O)=C2C(=O)C(=O)N(CCN(CC)CC)C2c2ccc(O)c(OCC)c2)c1. The highest BCUT2D eigenvalue weighted by Crippen LogP contribution is 2.42. The standard InChI is InChI=1S/C28H36N2O6/c1-5-16-36-21-11-9-10-20(17-21)26(32)24-25(19-12-13-22(31)23(18-19)35-8-4)30(28(34)27(24)33)15-14-29(6-2)7-3/h9-13,17-18,25,31-32H,5-8,14-16H2,1-4H3. The van der Waals surface area contributed by atoms with E-state index >= 15 is 0 Å². The minimum Gasteiger partial charge on any atom is -0.507 e. The number of Topliss-reactive ketones (excluding diaryl/α,β-unsaturated/α-hetero) is 1. The lowest BCUT2D eigenvalue weighted by Gasteiger charge is -2.28. The number of aliphatic hydroxyl groups is 1. The Kier molecular flexibility index (Phi) is 9.36. The predicted molar refractivity (Wildman–Crippen MR) is 138 cm³/mol. The third-order valence-corrected chi connectivity index (χ3v) is 6.27. The molecule has 0 saturated carbocycles. The average Bonchev–Trinajstić information content (AvgIpc) is 3.14. The van der Waals surface area contributed by atoms with Gasteiger partial charge in [0.1, 0.15) is 11.5 Å². The van der Waals surface area contributed by atoms with Crippen LogP contribution in [0.3, 0.4) is 0 Å². The first-order chi connectivity index (χ1) is 17.4. The lowest BCUT2D eigenvalue weighted by atomic mass is 9.95. The highest BCUT2D eigenvalue weighted by Gasteiger charge is 2.46. The maximum absolute atomic E-state index is 13.3. The Bertz CT molecular complexity index is 1110. The number of hydrogen-bond acceptors (Lipinski definition) is 7. The number of likely N-dealkylation sites (tertiary alicyclic amines) is 1. The fourth-order valence-electron chi connectivity index (χ4n) is 4.33. The van der Waals surface area contributed by atoms with Crippen molar-refractivity contribution in [3.63, 3.8) is 0 Å². The van der Waals surface area contributed by atoms with Crippen molar-refractivity contribution in [1.29, 1.82) is 0 Å². The fraction of sp³-hybridized carbons (Fsp3) is 0.429. The lowest BCUT2D eigenvalue weighted by molar-refractivity contribution is -0.140. The quantitative estimate of drug-likeness (QED) is 0.256. The molecule has 0 aromatic heterocycles. The minimum atomic E-state index is -0.833. The first-order valence-corrected chi connectivity index (χ1v) is 12.6. The van der Waals surface area contributed by atoms with Crippen LogP contribution in [0.2, 0.25) is 0 Å². The van der Waals surface area contributed by atoms with E-state index in [4.69, 9.17) is 9.47 Å². The molecule has 0 spiro atoms. The molecule has 1 heterocycles.